The number of nitrogens with zero attached hydrogens (tertiary/aromatic N) is 1. The molecule has 2 aliphatic carbocycles. The molecule has 2 aliphatic rings. The molecule has 1 aromatic carbocycles. The lowest BCUT2D eigenvalue weighted by Gasteiger charge is -2.21. The maximum atomic E-state index is 12.2. The lowest BCUT2D eigenvalue weighted by molar-refractivity contribution is -0.117. The van der Waals surface area contributed by atoms with Crippen LogP contribution in [-0.2, 0) is 4.79 Å². The molecule has 1 amide bonds. The third kappa shape index (κ3) is 3.64. The van der Waals surface area contributed by atoms with Gasteiger partial charge in [0.25, 0.3) is 0 Å². The van der Waals surface area contributed by atoms with Gasteiger partial charge in [-0.15, -0.1) is 0 Å². The second kappa shape index (κ2) is 5.62. The summed E-state index contributed by atoms with van der Waals surface area (Å²) in [6.07, 6.45) is 5.08. The summed E-state index contributed by atoms with van der Waals surface area (Å²) in [6.45, 7) is 1.53. The summed E-state index contributed by atoms with van der Waals surface area (Å²) >= 11 is 5.85. The molecule has 0 saturated heterocycles. The van der Waals surface area contributed by atoms with Crippen molar-refractivity contribution in [3.05, 3.63) is 23.2 Å². The molecule has 0 aromatic heterocycles. The van der Waals surface area contributed by atoms with Gasteiger partial charge in [-0.2, -0.15) is 0 Å². The molecule has 0 radical (unpaired) electrons. The number of nitrogens with one attached hydrogen (secondary N) is 1. The highest BCUT2D eigenvalue weighted by molar-refractivity contribution is 6.31. The van der Waals surface area contributed by atoms with E-state index < -0.39 is 0 Å². The number of halogens is 1. The van der Waals surface area contributed by atoms with Crippen molar-refractivity contribution in [1.82, 2.24) is 4.90 Å². The number of anilines is 2. The van der Waals surface area contributed by atoms with E-state index in [1.165, 1.54) is 25.7 Å². The Morgan fingerprint density at radius 2 is 2.10 bits per heavy atom. The Morgan fingerprint density at radius 1 is 1.35 bits per heavy atom. The van der Waals surface area contributed by atoms with E-state index in [1.54, 1.807) is 18.2 Å². The smallest absolute Gasteiger partial charge is 0.238 e. The summed E-state index contributed by atoms with van der Waals surface area (Å²) in [6, 6.07) is 5.75. The van der Waals surface area contributed by atoms with Crippen LogP contribution in [-0.4, -0.2) is 29.9 Å². The lowest BCUT2D eigenvalue weighted by atomic mass is 10.2. The molecule has 3 N–H and O–H groups in total. The highest BCUT2D eigenvalue weighted by Gasteiger charge is 2.34. The average molecular weight is 294 g/mol. The maximum absolute atomic E-state index is 12.2. The van der Waals surface area contributed by atoms with Gasteiger partial charge in [0.05, 0.1) is 17.9 Å². The van der Waals surface area contributed by atoms with Gasteiger partial charge in [-0.25, -0.2) is 0 Å². The van der Waals surface area contributed by atoms with Crippen LogP contribution in [0, 0.1) is 5.92 Å². The van der Waals surface area contributed by atoms with Gasteiger partial charge in [0.15, 0.2) is 0 Å². The normalized spacial score (nSPS) is 18.3. The zero-order valence-electron chi connectivity index (χ0n) is 11.4. The van der Waals surface area contributed by atoms with Crippen molar-refractivity contribution in [2.75, 3.05) is 24.1 Å². The molecule has 5 heteroatoms. The molecule has 3 rings (SSSR count). The van der Waals surface area contributed by atoms with Crippen LogP contribution in [0.4, 0.5) is 11.4 Å². The van der Waals surface area contributed by atoms with Crippen molar-refractivity contribution in [3.63, 3.8) is 0 Å². The van der Waals surface area contributed by atoms with Crippen molar-refractivity contribution >= 4 is 28.9 Å². The Hall–Kier alpha value is -1.26. The predicted octanol–water partition coefficient (Wildman–Crippen LogP) is 2.74. The van der Waals surface area contributed by atoms with E-state index in [2.05, 4.69) is 10.2 Å². The minimum Gasteiger partial charge on any atom is -0.397 e. The van der Waals surface area contributed by atoms with Gasteiger partial charge >= 0.3 is 0 Å². The van der Waals surface area contributed by atoms with Gasteiger partial charge in [0, 0.05) is 17.6 Å². The summed E-state index contributed by atoms with van der Waals surface area (Å²) < 4.78 is 0. The highest BCUT2D eigenvalue weighted by Crippen LogP contribution is 2.34. The number of rotatable bonds is 6. The number of nitrogens with two attached hydrogens (primary N) is 1. The van der Waals surface area contributed by atoms with E-state index in [9.17, 15) is 4.79 Å². The standard InChI is InChI=1S/C15H20ClN3O/c16-11-3-6-14(13(17)7-11)18-15(20)9-19(12-4-5-12)8-10-1-2-10/h3,6-7,10,12H,1-2,4-5,8-9,17H2,(H,18,20). The van der Waals surface area contributed by atoms with E-state index in [4.69, 9.17) is 17.3 Å². The zero-order valence-corrected chi connectivity index (χ0v) is 12.2. The van der Waals surface area contributed by atoms with Crippen LogP contribution in [0.5, 0.6) is 0 Å². The highest BCUT2D eigenvalue weighted by atomic mass is 35.5. The first-order valence-corrected chi connectivity index (χ1v) is 7.58. The van der Waals surface area contributed by atoms with E-state index in [1.807, 2.05) is 0 Å². The Morgan fingerprint density at radius 3 is 2.70 bits per heavy atom. The van der Waals surface area contributed by atoms with Gasteiger partial charge in [0.1, 0.15) is 0 Å². The molecule has 2 saturated carbocycles. The van der Waals surface area contributed by atoms with Crippen LogP contribution in [0.25, 0.3) is 0 Å². The van der Waals surface area contributed by atoms with Crippen LogP contribution in [0.2, 0.25) is 5.02 Å². The monoisotopic (exact) mass is 293 g/mol. The molecule has 20 heavy (non-hydrogen) atoms. The second-order valence-corrected chi connectivity index (χ2v) is 6.32. The zero-order chi connectivity index (χ0) is 14.1. The summed E-state index contributed by atoms with van der Waals surface area (Å²) in [5.41, 5.74) is 7.00. The lowest BCUT2D eigenvalue weighted by Crippen LogP contribution is -2.36. The Kier molecular flexibility index (Phi) is 3.85. The fraction of sp³-hybridized carbons (Fsp3) is 0.533. The average Bonchev–Trinajstić information content (AvgIpc) is 3.25. The van der Waals surface area contributed by atoms with Gasteiger partial charge < -0.3 is 11.1 Å². The minimum atomic E-state index is 0.00609. The Bertz CT molecular complexity index is 512. The van der Waals surface area contributed by atoms with Crippen LogP contribution in [0.3, 0.4) is 0 Å². The van der Waals surface area contributed by atoms with Gasteiger partial charge in [-0.3, -0.25) is 9.69 Å². The molecular weight excluding hydrogens is 274 g/mol. The quantitative estimate of drug-likeness (QED) is 0.793. The van der Waals surface area contributed by atoms with Crippen molar-refractivity contribution in [2.24, 2.45) is 5.92 Å². The first-order chi connectivity index (χ1) is 9.61. The van der Waals surface area contributed by atoms with Crippen molar-refractivity contribution < 1.29 is 4.79 Å². The Labute approximate surface area is 124 Å². The molecule has 2 fully saturated rings. The molecular formula is C15H20ClN3O. The largest absolute Gasteiger partial charge is 0.397 e. The molecule has 4 nitrogen and oxygen atoms in total. The number of hydrogen-bond donors (Lipinski definition) is 2. The fourth-order valence-corrected chi connectivity index (χ4v) is 2.62. The Balaban J connectivity index is 1.57. The molecule has 0 aliphatic heterocycles. The molecule has 0 heterocycles. The number of carbonyl (C=O) groups excluding carboxylic acids is 1. The first-order valence-electron chi connectivity index (χ1n) is 7.21. The van der Waals surface area contributed by atoms with Crippen LogP contribution in [0.15, 0.2) is 18.2 Å². The molecule has 0 atom stereocenters. The third-order valence-corrected chi connectivity index (χ3v) is 4.12. The van der Waals surface area contributed by atoms with E-state index >= 15 is 0 Å². The number of amides is 1. The van der Waals surface area contributed by atoms with E-state index in [-0.39, 0.29) is 5.91 Å². The van der Waals surface area contributed by atoms with Crippen molar-refractivity contribution in [2.45, 2.75) is 31.7 Å². The van der Waals surface area contributed by atoms with Crippen molar-refractivity contribution in [3.8, 4) is 0 Å². The maximum Gasteiger partial charge on any atom is 0.238 e. The summed E-state index contributed by atoms with van der Waals surface area (Å²) in [5, 5.41) is 3.46. The third-order valence-electron chi connectivity index (χ3n) is 3.89. The number of nitrogen functional groups attached to an aromatic ring is 1. The fourth-order valence-electron chi connectivity index (χ4n) is 2.44. The number of carbonyl (C=O) groups is 1. The van der Waals surface area contributed by atoms with Crippen LogP contribution in [0.1, 0.15) is 25.7 Å². The predicted molar refractivity (Wildman–Crippen MR) is 81.8 cm³/mol. The minimum absolute atomic E-state index is 0.00609. The van der Waals surface area contributed by atoms with Gasteiger partial charge in [0.2, 0.25) is 5.91 Å². The van der Waals surface area contributed by atoms with Crippen molar-refractivity contribution in [1.29, 1.82) is 0 Å². The van der Waals surface area contributed by atoms with E-state index in [0.717, 1.165) is 12.5 Å². The topological polar surface area (TPSA) is 58.4 Å². The molecule has 1 aromatic rings. The molecule has 108 valence electrons. The summed E-state index contributed by atoms with van der Waals surface area (Å²) in [5.74, 6) is 0.815. The van der Waals surface area contributed by atoms with Gasteiger partial charge in [-0.1, -0.05) is 11.6 Å². The molecule has 0 unspecified atom stereocenters. The summed E-state index contributed by atoms with van der Waals surface area (Å²) in [7, 11) is 0. The van der Waals surface area contributed by atoms with Crippen LogP contribution < -0.4 is 11.1 Å². The van der Waals surface area contributed by atoms with Crippen LogP contribution >= 0.6 is 11.6 Å². The first kappa shape index (κ1) is 13.7. The van der Waals surface area contributed by atoms with Gasteiger partial charge in [-0.05, 0) is 49.8 Å². The molecule has 0 spiro atoms. The van der Waals surface area contributed by atoms with E-state index in [0.29, 0.717) is 29.0 Å². The number of benzene rings is 1. The SMILES string of the molecule is Nc1cc(Cl)ccc1NC(=O)CN(CC1CC1)C1CC1. The second-order valence-electron chi connectivity index (χ2n) is 5.88. The molecule has 0 bridgehead atoms. The summed E-state index contributed by atoms with van der Waals surface area (Å²) in [4.78, 5) is 14.5. The number of hydrogen-bond acceptors (Lipinski definition) is 3.